The molecule has 6 nitrogen and oxygen atoms in total. The average Bonchev–Trinajstić information content (AvgIpc) is 3.61. The first-order chi connectivity index (χ1) is 16.4. The quantitative estimate of drug-likeness (QED) is 0.397. The molecular formula is C26H28F3N3O3. The van der Waals surface area contributed by atoms with Crippen molar-refractivity contribution in [2.45, 2.75) is 70.7 Å². The number of aromatic nitrogens is 2. The number of ether oxygens (including phenoxy) is 1. The Morgan fingerprint density at radius 1 is 1.17 bits per heavy atom. The number of halogens is 3. The maximum absolute atomic E-state index is 14.1. The molecule has 1 aliphatic rings. The number of carbonyl (C=O) groups excluding carboxylic acids is 1. The lowest BCUT2D eigenvalue weighted by atomic mass is 9.95. The molecule has 1 fully saturated rings. The summed E-state index contributed by atoms with van der Waals surface area (Å²) in [4.78, 5) is 32.0. The first kappa shape index (κ1) is 24.8. The Morgan fingerprint density at radius 3 is 2.37 bits per heavy atom. The summed E-state index contributed by atoms with van der Waals surface area (Å²) in [5, 5.41) is 3.23. The molecular weight excluding hydrogens is 459 g/mol. The third-order valence-electron chi connectivity index (χ3n) is 5.81. The van der Waals surface area contributed by atoms with Gasteiger partial charge >= 0.3 is 12.1 Å². The zero-order chi connectivity index (χ0) is 25.5. The molecule has 0 bridgehead atoms. The topological polar surface area (TPSA) is 84.1 Å². The number of hydrogen-bond acceptors (Lipinski definition) is 5. The maximum atomic E-state index is 14.1. The summed E-state index contributed by atoms with van der Waals surface area (Å²) in [6.45, 7) is 7.06. The standard InChI is InChI=1S/C26H28F3N3O3/c1-5-20(30-16-10-8-15(9-11-16)24(34)35-25(2,3)4)17-12-18-21(13-19(17)26(27,28)29)31-22(14-6-7-14)32-23(18)33/h8-14,20,30H,5-7H2,1-4H3,(H,31,32,33)/t20-/m0/s1. The fourth-order valence-corrected chi connectivity index (χ4v) is 3.95. The minimum absolute atomic E-state index is 0.0322. The molecule has 1 aliphatic carbocycles. The van der Waals surface area contributed by atoms with Crippen LogP contribution in [0, 0.1) is 0 Å². The number of anilines is 1. The van der Waals surface area contributed by atoms with Gasteiger partial charge in [0.1, 0.15) is 11.4 Å². The van der Waals surface area contributed by atoms with E-state index >= 15 is 0 Å². The van der Waals surface area contributed by atoms with Gasteiger partial charge in [0.25, 0.3) is 5.56 Å². The van der Waals surface area contributed by atoms with Crippen LogP contribution in [0.15, 0.2) is 41.2 Å². The lowest BCUT2D eigenvalue weighted by Gasteiger charge is -2.24. The van der Waals surface area contributed by atoms with Crippen LogP contribution in [0.2, 0.25) is 0 Å². The molecule has 0 aliphatic heterocycles. The maximum Gasteiger partial charge on any atom is 0.416 e. The monoisotopic (exact) mass is 487 g/mol. The molecule has 9 heteroatoms. The van der Waals surface area contributed by atoms with Crippen LogP contribution in [0.25, 0.3) is 10.9 Å². The van der Waals surface area contributed by atoms with E-state index in [-0.39, 0.29) is 22.4 Å². The van der Waals surface area contributed by atoms with Crippen molar-refractivity contribution in [1.82, 2.24) is 9.97 Å². The predicted octanol–water partition coefficient (Wildman–Crippen LogP) is 6.34. The molecule has 0 spiro atoms. The first-order valence-electron chi connectivity index (χ1n) is 11.6. The van der Waals surface area contributed by atoms with Gasteiger partial charge in [0.2, 0.25) is 0 Å². The fourth-order valence-electron chi connectivity index (χ4n) is 3.95. The number of aromatic amines is 1. The lowest BCUT2D eigenvalue weighted by Crippen LogP contribution is -2.23. The van der Waals surface area contributed by atoms with E-state index < -0.39 is 34.9 Å². The van der Waals surface area contributed by atoms with Crippen molar-refractivity contribution in [3.05, 3.63) is 69.3 Å². The van der Waals surface area contributed by atoms with Gasteiger partial charge in [-0.25, -0.2) is 9.78 Å². The van der Waals surface area contributed by atoms with Gasteiger partial charge in [-0.3, -0.25) is 4.79 Å². The molecule has 1 heterocycles. The van der Waals surface area contributed by atoms with Crippen molar-refractivity contribution in [2.24, 2.45) is 0 Å². The number of nitrogens with zero attached hydrogens (tertiary/aromatic N) is 1. The Bertz CT molecular complexity index is 1300. The van der Waals surface area contributed by atoms with Crippen molar-refractivity contribution >= 4 is 22.6 Å². The second kappa shape index (κ2) is 9.02. The second-order valence-corrected chi connectivity index (χ2v) is 9.86. The van der Waals surface area contributed by atoms with E-state index in [0.717, 1.165) is 18.9 Å². The van der Waals surface area contributed by atoms with E-state index in [2.05, 4.69) is 15.3 Å². The Kier molecular flexibility index (Phi) is 6.38. The van der Waals surface area contributed by atoms with Gasteiger partial charge in [0.15, 0.2) is 0 Å². The zero-order valence-corrected chi connectivity index (χ0v) is 20.0. The molecule has 0 amide bonds. The van der Waals surface area contributed by atoms with E-state index in [1.165, 1.54) is 6.07 Å². The summed E-state index contributed by atoms with van der Waals surface area (Å²) < 4.78 is 47.5. The molecule has 186 valence electrons. The van der Waals surface area contributed by atoms with Crippen molar-refractivity contribution in [1.29, 1.82) is 0 Å². The van der Waals surface area contributed by atoms with Gasteiger partial charge in [-0.2, -0.15) is 13.2 Å². The summed E-state index contributed by atoms with van der Waals surface area (Å²) in [6, 6.07) is 7.88. The van der Waals surface area contributed by atoms with Crippen LogP contribution < -0.4 is 10.9 Å². The molecule has 0 unspecified atom stereocenters. The van der Waals surface area contributed by atoms with Crippen LogP contribution in [-0.4, -0.2) is 21.5 Å². The van der Waals surface area contributed by atoms with Gasteiger partial charge in [0, 0.05) is 11.6 Å². The number of rotatable bonds is 6. The molecule has 1 atom stereocenters. The number of fused-ring (bicyclic) bond motifs is 1. The smallest absolute Gasteiger partial charge is 0.416 e. The minimum atomic E-state index is -4.62. The number of carbonyl (C=O) groups is 1. The number of benzene rings is 2. The molecule has 0 saturated heterocycles. The number of H-pyrrole nitrogens is 1. The molecule has 0 radical (unpaired) electrons. The highest BCUT2D eigenvalue weighted by Gasteiger charge is 2.36. The number of alkyl halides is 3. The van der Waals surface area contributed by atoms with E-state index in [0.29, 0.717) is 23.5 Å². The van der Waals surface area contributed by atoms with Crippen LogP contribution in [0.3, 0.4) is 0 Å². The van der Waals surface area contributed by atoms with Gasteiger partial charge in [-0.15, -0.1) is 0 Å². The molecule has 2 aromatic carbocycles. The third kappa shape index (κ3) is 5.66. The highest BCUT2D eigenvalue weighted by atomic mass is 19.4. The second-order valence-electron chi connectivity index (χ2n) is 9.86. The van der Waals surface area contributed by atoms with Crippen molar-refractivity contribution in [3.8, 4) is 0 Å². The van der Waals surface area contributed by atoms with E-state index in [1.54, 1.807) is 52.0 Å². The van der Waals surface area contributed by atoms with Crippen LogP contribution >= 0.6 is 0 Å². The fraction of sp³-hybridized carbons (Fsp3) is 0.423. The Labute approximate surface area is 200 Å². The van der Waals surface area contributed by atoms with E-state index in [4.69, 9.17) is 4.74 Å². The number of esters is 1. The zero-order valence-electron chi connectivity index (χ0n) is 20.0. The van der Waals surface area contributed by atoms with Crippen LogP contribution in [0.4, 0.5) is 18.9 Å². The highest BCUT2D eigenvalue weighted by Crippen LogP contribution is 2.40. The van der Waals surface area contributed by atoms with Crippen LogP contribution in [0.5, 0.6) is 0 Å². The Balaban J connectivity index is 1.68. The Hall–Kier alpha value is -3.36. The van der Waals surface area contributed by atoms with Gasteiger partial charge < -0.3 is 15.0 Å². The molecule has 2 N–H and O–H groups in total. The summed E-state index contributed by atoms with van der Waals surface area (Å²) in [5.74, 6) is 0.0655. The highest BCUT2D eigenvalue weighted by molar-refractivity contribution is 5.90. The molecule has 35 heavy (non-hydrogen) atoms. The normalized spacial score (nSPS) is 15.2. The van der Waals surface area contributed by atoms with Crippen molar-refractivity contribution in [2.75, 3.05) is 5.32 Å². The summed E-state index contributed by atoms with van der Waals surface area (Å²) in [6.07, 6.45) is -2.56. The van der Waals surface area contributed by atoms with Crippen LogP contribution in [-0.2, 0) is 10.9 Å². The van der Waals surface area contributed by atoms with Gasteiger partial charge in [-0.1, -0.05) is 6.92 Å². The molecule has 1 saturated carbocycles. The minimum Gasteiger partial charge on any atom is -0.456 e. The van der Waals surface area contributed by atoms with Gasteiger partial charge in [-0.05, 0) is 82.0 Å². The summed E-state index contributed by atoms with van der Waals surface area (Å²) >= 11 is 0. The number of nitrogens with one attached hydrogen (secondary N) is 2. The van der Waals surface area contributed by atoms with E-state index in [9.17, 15) is 22.8 Å². The average molecular weight is 488 g/mol. The summed E-state index contributed by atoms with van der Waals surface area (Å²) in [7, 11) is 0. The summed E-state index contributed by atoms with van der Waals surface area (Å²) in [5.41, 5.74) is -1.02. The van der Waals surface area contributed by atoms with E-state index in [1.807, 2.05) is 0 Å². The molecule has 4 rings (SSSR count). The molecule has 1 aromatic heterocycles. The molecule has 3 aromatic rings. The Morgan fingerprint density at radius 2 is 1.83 bits per heavy atom. The van der Waals surface area contributed by atoms with Crippen molar-refractivity contribution in [3.63, 3.8) is 0 Å². The SMILES string of the molecule is CC[C@H](Nc1ccc(C(=O)OC(C)(C)C)cc1)c1cc2c(=O)[nH]c(C3CC3)nc2cc1C(F)(F)F. The largest absolute Gasteiger partial charge is 0.456 e. The van der Waals surface area contributed by atoms with Gasteiger partial charge in [0.05, 0.1) is 28.1 Å². The predicted molar refractivity (Wildman–Crippen MR) is 128 cm³/mol. The number of hydrogen-bond donors (Lipinski definition) is 2. The third-order valence-corrected chi connectivity index (χ3v) is 5.81. The van der Waals surface area contributed by atoms with Crippen LogP contribution in [0.1, 0.15) is 86.2 Å². The first-order valence-corrected chi connectivity index (χ1v) is 11.6. The van der Waals surface area contributed by atoms with Crippen molar-refractivity contribution < 1.29 is 22.7 Å². The lowest BCUT2D eigenvalue weighted by molar-refractivity contribution is -0.138.